The van der Waals surface area contributed by atoms with Gasteiger partial charge in [0.05, 0.1) is 10.5 Å². The first-order valence-corrected chi connectivity index (χ1v) is 9.38. The molecular weight excluding hydrogens is 410 g/mol. The lowest BCUT2D eigenvalue weighted by molar-refractivity contribution is -0.0599. The van der Waals surface area contributed by atoms with E-state index in [0.717, 1.165) is 4.47 Å². The lowest BCUT2D eigenvalue weighted by Gasteiger charge is -2.35. The van der Waals surface area contributed by atoms with E-state index in [9.17, 15) is 8.42 Å². The van der Waals surface area contributed by atoms with Crippen molar-refractivity contribution in [3.05, 3.63) is 27.1 Å². The van der Waals surface area contributed by atoms with Gasteiger partial charge in [0.1, 0.15) is 0 Å². The maximum Gasteiger partial charge on any atom is 0.241 e. The van der Waals surface area contributed by atoms with E-state index in [4.69, 9.17) is 4.74 Å². The fourth-order valence-corrected chi connectivity index (χ4v) is 5.07. The highest BCUT2D eigenvalue weighted by atomic mass is 79.9. The van der Waals surface area contributed by atoms with Crippen molar-refractivity contribution < 1.29 is 13.2 Å². The van der Waals surface area contributed by atoms with E-state index in [1.54, 1.807) is 18.2 Å². The smallest absolute Gasteiger partial charge is 0.241 e. The van der Waals surface area contributed by atoms with Crippen molar-refractivity contribution in [1.29, 1.82) is 0 Å². The van der Waals surface area contributed by atoms with Crippen LogP contribution in [0, 0.1) is 0 Å². The quantitative estimate of drug-likeness (QED) is 0.805. The van der Waals surface area contributed by atoms with Crippen molar-refractivity contribution in [2.75, 3.05) is 6.61 Å². The second-order valence-corrected chi connectivity index (χ2v) is 8.95. The predicted molar refractivity (Wildman–Crippen MR) is 85.2 cm³/mol. The van der Waals surface area contributed by atoms with Crippen LogP contribution in [0.4, 0.5) is 0 Å². The van der Waals surface area contributed by atoms with Crippen molar-refractivity contribution in [3.63, 3.8) is 0 Å². The van der Waals surface area contributed by atoms with Gasteiger partial charge in [-0.15, -0.1) is 0 Å². The minimum atomic E-state index is -3.55. The number of nitrogens with one attached hydrogen (secondary N) is 1. The summed E-state index contributed by atoms with van der Waals surface area (Å²) in [5.41, 5.74) is -0.292. The van der Waals surface area contributed by atoms with Crippen LogP contribution < -0.4 is 4.72 Å². The second kappa shape index (κ2) is 6.04. The zero-order chi connectivity index (χ0) is 15.0. The molecule has 1 saturated heterocycles. The molecule has 0 aromatic heterocycles. The topological polar surface area (TPSA) is 55.4 Å². The SMILES string of the molecule is CC1(C)CC(NS(=O)(=O)c2cc(Br)ccc2Br)CCO1. The highest BCUT2D eigenvalue weighted by molar-refractivity contribution is 9.11. The summed E-state index contributed by atoms with van der Waals surface area (Å²) in [6.07, 6.45) is 1.35. The van der Waals surface area contributed by atoms with Crippen LogP contribution >= 0.6 is 31.9 Å². The molecule has 112 valence electrons. The minimum absolute atomic E-state index is 0.102. The Morgan fingerprint density at radius 2 is 2.05 bits per heavy atom. The Labute approximate surface area is 136 Å². The summed E-state index contributed by atoms with van der Waals surface area (Å²) in [7, 11) is -3.55. The van der Waals surface area contributed by atoms with Gasteiger partial charge in [-0.25, -0.2) is 13.1 Å². The molecule has 1 aliphatic heterocycles. The van der Waals surface area contributed by atoms with Gasteiger partial charge in [0, 0.05) is 21.6 Å². The molecule has 1 unspecified atom stereocenters. The molecule has 0 radical (unpaired) electrons. The molecule has 1 aliphatic rings. The molecular formula is C13H17Br2NO3S. The number of halogens is 2. The summed E-state index contributed by atoms with van der Waals surface area (Å²) >= 11 is 6.59. The summed E-state index contributed by atoms with van der Waals surface area (Å²) in [6.45, 7) is 4.52. The first-order chi connectivity index (χ1) is 9.20. The van der Waals surface area contributed by atoms with Crippen LogP contribution in [-0.2, 0) is 14.8 Å². The molecule has 1 heterocycles. The Kier molecular flexibility index (Phi) is 4.96. The summed E-state index contributed by atoms with van der Waals surface area (Å²) in [4.78, 5) is 0.246. The Balaban J connectivity index is 2.21. The van der Waals surface area contributed by atoms with E-state index in [2.05, 4.69) is 36.6 Å². The maximum atomic E-state index is 12.5. The van der Waals surface area contributed by atoms with Gasteiger partial charge in [0.2, 0.25) is 10.0 Å². The lowest BCUT2D eigenvalue weighted by Crippen LogP contribution is -2.45. The van der Waals surface area contributed by atoms with Crippen LogP contribution in [0.1, 0.15) is 26.7 Å². The number of sulfonamides is 1. The Hall–Kier alpha value is 0.0500. The van der Waals surface area contributed by atoms with Crippen LogP contribution in [0.25, 0.3) is 0 Å². The molecule has 7 heteroatoms. The van der Waals surface area contributed by atoms with E-state index in [1.807, 2.05) is 13.8 Å². The van der Waals surface area contributed by atoms with Crippen LogP contribution in [0.15, 0.2) is 32.0 Å². The van der Waals surface area contributed by atoms with Gasteiger partial charge < -0.3 is 4.74 Å². The average molecular weight is 427 g/mol. The molecule has 0 amide bonds. The molecule has 0 aliphatic carbocycles. The molecule has 0 bridgehead atoms. The van der Waals surface area contributed by atoms with Gasteiger partial charge in [-0.05, 0) is 60.8 Å². The van der Waals surface area contributed by atoms with Gasteiger partial charge >= 0.3 is 0 Å². The first kappa shape index (κ1) is 16.4. The Bertz CT molecular complexity index is 602. The Morgan fingerprint density at radius 3 is 2.70 bits per heavy atom. The molecule has 2 rings (SSSR count). The number of hydrogen-bond donors (Lipinski definition) is 1. The lowest BCUT2D eigenvalue weighted by atomic mass is 9.95. The zero-order valence-electron chi connectivity index (χ0n) is 11.3. The maximum absolute atomic E-state index is 12.5. The van der Waals surface area contributed by atoms with Gasteiger partial charge in [-0.1, -0.05) is 15.9 Å². The molecule has 1 N–H and O–H groups in total. The third-order valence-corrected chi connectivity index (χ3v) is 6.21. The van der Waals surface area contributed by atoms with Gasteiger partial charge in [-0.2, -0.15) is 0 Å². The average Bonchev–Trinajstić information content (AvgIpc) is 2.30. The molecule has 0 saturated carbocycles. The van der Waals surface area contributed by atoms with Crippen molar-refractivity contribution >= 4 is 41.9 Å². The summed E-state index contributed by atoms with van der Waals surface area (Å²) < 4.78 is 34.6. The van der Waals surface area contributed by atoms with Crippen molar-refractivity contribution in [1.82, 2.24) is 4.72 Å². The summed E-state index contributed by atoms with van der Waals surface area (Å²) in [5.74, 6) is 0. The highest BCUT2D eigenvalue weighted by Gasteiger charge is 2.32. The summed E-state index contributed by atoms with van der Waals surface area (Å²) in [6, 6.07) is 5.00. The van der Waals surface area contributed by atoms with Gasteiger partial charge in [-0.3, -0.25) is 0 Å². The van der Waals surface area contributed by atoms with E-state index >= 15 is 0 Å². The fourth-order valence-electron chi connectivity index (χ4n) is 2.30. The van der Waals surface area contributed by atoms with Gasteiger partial charge in [0.15, 0.2) is 0 Å². The van der Waals surface area contributed by atoms with E-state index in [1.165, 1.54) is 0 Å². The zero-order valence-corrected chi connectivity index (χ0v) is 15.3. The number of rotatable bonds is 3. The molecule has 1 aromatic carbocycles. The van der Waals surface area contributed by atoms with Crippen molar-refractivity contribution in [3.8, 4) is 0 Å². The van der Waals surface area contributed by atoms with E-state index < -0.39 is 10.0 Å². The normalized spacial score (nSPS) is 22.7. The number of ether oxygens (including phenoxy) is 1. The van der Waals surface area contributed by atoms with Crippen molar-refractivity contribution in [2.45, 2.75) is 43.2 Å². The van der Waals surface area contributed by atoms with Crippen LogP contribution in [0.3, 0.4) is 0 Å². The van der Waals surface area contributed by atoms with E-state index in [0.29, 0.717) is 23.9 Å². The minimum Gasteiger partial charge on any atom is -0.375 e. The molecule has 1 atom stereocenters. The third kappa shape index (κ3) is 4.04. The highest BCUT2D eigenvalue weighted by Crippen LogP contribution is 2.28. The molecule has 0 spiro atoms. The van der Waals surface area contributed by atoms with Gasteiger partial charge in [0.25, 0.3) is 0 Å². The standard InChI is InChI=1S/C13H17Br2NO3S/c1-13(2)8-10(5-6-19-13)16-20(17,18)12-7-9(14)3-4-11(12)15/h3-4,7,10,16H,5-6,8H2,1-2H3. The third-order valence-electron chi connectivity index (χ3n) is 3.20. The monoisotopic (exact) mass is 425 g/mol. The van der Waals surface area contributed by atoms with E-state index in [-0.39, 0.29) is 16.5 Å². The Morgan fingerprint density at radius 1 is 1.35 bits per heavy atom. The first-order valence-electron chi connectivity index (χ1n) is 6.31. The second-order valence-electron chi connectivity index (χ2n) is 5.49. The van der Waals surface area contributed by atoms with Crippen LogP contribution in [0.5, 0.6) is 0 Å². The van der Waals surface area contributed by atoms with Crippen LogP contribution in [-0.4, -0.2) is 26.7 Å². The predicted octanol–water partition coefficient (Wildman–Crippen LogP) is 3.45. The van der Waals surface area contributed by atoms with Crippen LogP contribution in [0.2, 0.25) is 0 Å². The molecule has 1 fully saturated rings. The van der Waals surface area contributed by atoms with Crippen molar-refractivity contribution in [2.24, 2.45) is 0 Å². The largest absolute Gasteiger partial charge is 0.375 e. The number of hydrogen-bond acceptors (Lipinski definition) is 3. The number of benzene rings is 1. The summed E-state index contributed by atoms with van der Waals surface area (Å²) in [5, 5.41) is 0. The molecule has 1 aromatic rings. The fraction of sp³-hybridized carbons (Fsp3) is 0.538. The molecule has 4 nitrogen and oxygen atoms in total. The molecule has 20 heavy (non-hydrogen) atoms.